The van der Waals surface area contributed by atoms with Gasteiger partial charge in [-0.3, -0.25) is 4.68 Å². The summed E-state index contributed by atoms with van der Waals surface area (Å²) in [6, 6.07) is 10.1. The Morgan fingerprint density at radius 2 is 1.95 bits per heavy atom. The SMILES string of the molecule is Cc1nn(C)cc1-c1nc(-c2ccccc2)sc1N. The van der Waals surface area contributed by atoms with Gasteiger partial charge in [-0.2, -0.15) is 5.10 Å². The molecule has 0 saturated heterocycles. The van der Waals surface area contributed by atoms with Gasteiger partial charge in [0.1, 0.15) is 15.7 Å². The maximum atomic E-state index is 6.11. The van der Waals surface area contributed by atoms with E-state index in [4.69, 9.17) is 5.73 Å². The predicted molar refractivity (Wildman–Crippen MR) is 78.9 cm³/mol. The van der Waals surface area contributed by atoms with Crippen LogP contribution in [0.15, 0.2) is 36.5 Å². The van der Waals surface area contributed by atoms with Crippen molar-refractivity contribution in [2.24, 2.45) is 7.05 Å². The first-order valence-corrected chi connectivity index (χ1v) is 6.79. The normalized spacial score (nSPS) is 10.8. The molecule has 0 spiro atoms. The lowest BCUT2D eigenvalue weighted by Crippen LogP contribution is -1.86. The molecule has 3 rings (SSSR count). The third-order valence-corrected chi connectivity index (χ3v) is 3.88. The monoisotopic (exact) mass is 270 g/mol. The van der Waals surface area contributed by atoms with Gasteiger partial charge in [0, 0.05) is 24.4 Å². The van der Waals surface area contributed by atoms with E-state index in [9.17, 15) is 0 Å². The number of nitrogens with two attached hydrogens (primary N) is 1. The summed E-state index contributed by atoms with van der Waals surface area (Å²) in [6.07, 6.45) is 1.95. The molecule has 0 fully saturated rings. The number of aromatic nitrogens is 3. The average molecular weight is 270 g/mol. The quantitative estimate of drug-likeness (QED) is 0.778. The molecule has 0 radical (unpaired) electrons. The molecule has 0 bridgehead atoms. The highest BCUT2D eigenvalue weighted by atomic mass is 32.1. The Hall–Kier alpha value is -2.14. The number of benzene rings is 1. The first kappa shape index (κ1) is 11.9. The molecule has 2 aromatic heterocycles. The number of anilines is 1. The molecule has 1 aromatic carbocycles. The highest BCUT2D eigenvalue weighted by Gasteiger charge is 2.15. The van der Waals surface area contributed by atoms with E-state index >= 15 is 0 Å². The van der Waals surface area contributed by atoms with Crippen LogP contribution >= 0.6 is 11.3 Å². The minimum absolute atomic E-state index is 0.731. The third-order valence-electron chi connectivity index (χ3n) is 2.94. The zero-order chi connectivity index (χ0) is 13.4. The van der Waals surface area contributed by atoms with E-state index in [1.54, 1.807) is 4.68 Å². The number of hydrogen-bond donors (Lipinski definition) is 1. The molecule has 3 aromatic rings. The summed E-state index contributed by atoms with van der Waals surface area (Å²) in [5.74, 6) is 0. The Kier molecular flexibility index (Phi) is 2.83. The minimum Gasteiger partial charge on any atom is -0.389 e. The van der Waals surface area contributed by atoms with E-state index in [-0.39, 0.29) is 0 Å². The molecule has 5 heteroatoms. The van der Waals surface area contributed by atoms with Crippen molar-refractivity contribution in [3.8, 4) is 21.8 Å². The second-order valence-corrected chi connectivity index (χ2v) is 5.43. The molecule has 0 aliphatic carbocycles. The molecule has 2 heterocycles. The van der Waals surface area contributed by atoms with Crippen molar-refractivity contribution in [3.63, 3.8) is 0 Å². The second kappa shape index (κ2) is 4.51. The van der Waals surface area contributed by atoms with Crippen LogP contribution in [-0.4, -0.2) is 14.8 Å². The second-order valence-electron chi connectivity index (χ2n) is 4.40. The van der Waals surface area contributed by atoms with Crippen molar-refractivity contribution in [2.45, 2.75) is 6.92 Å². The summed E-state index contributed by atoms with van der Waals surface area (Å²) in [7, 11) is 1.90. The third kappa shape index (κ3) is 2.13. The first-order chi connectivity index (χ1) is 9.15. The topological polar surface area (TPSA) is 56.7 Å². The Balaban J connectivity index is 2.10. The molecule has 96 valence electrons. The standard InChI is InChI=1S/C14H14N4S/c1-9-11(8-18(2)17-9)12-13(15)19-14(16-12)10-6-4-3-5-7-10/h3-8H,15H2,1-2H3. The molecule has 0 aliphatic rings. The van der Waals surface area contributed by atoms with Crippen molar-refractivity contribution < 1.29 is 0 Å². The van der Waals surface area contributed by atoms with Gasteiger partial charge in [-0.25, -0.2) is 4.98 Å². The average Bonchev–Trinajstić information content (AvgIpc) is 2.93. The Morgan fingerprint density at radius 3 is 2.58 bits per heavy atom. The number of hydrogen-bond acceptors (Lipinski definition) is 4. The van der Waals surface area contributed by atoms with Gasteiger partial charge in [0.05, 0.1) is 5.69 Å². The lowest BCUT2D eigenvalue weighted by Gasteiger charge is -1.95. The smallest absolute Gasteiger partial charge is 0.126 e. The fourth-order valence-corrected chi connectivity index (χ4v) is 2.91. The van der Waals surface area contributed by atoms with Crippen LogP contribution in [0.4, 0.5) is 5.00 Å². The lowest BCUT2D eigenvalue weighted by molar-refractivity contribution is 0.756. The first-order valence-electron chi connectivity index (χ1n) is 5.97. The summed E-state index contributed by atoms with van der Waals surface area (Å²) >= 11 is 1.51. The molecular formula is C14H14N4S. The van der Waals surface area contributed by atoms with Gasteiger partial charge < -0.3 is 5.73 Å². The number of nitrogens with zero attached hydrogens (tertiary/aromatic N) is 3. The summed E-state index contributed by atoms with van der Waals surface area (Å²) < 4.78 is 1.78. The Morgan fingerprint density at radius 1 is 1.21 bits per heavy atom. The Bertz CT molecular complexity index is 712. The molecule has 0 aliphatic heterocycles. The highest BCUT2D eigenvalue weighted by Crippen LogP contribution is 2.36. The summed E-state index contributed by atoms with van der Waals surface area (Å²) in [5, 5.41) is 6.01. The van der Waals surface area contributed by atoms with E-state index in [2.05, 4.69) is 10.1 Å². The van der Waals surface area contributed by atoms with Crippen LogP contribution in [0.1, 0.15) is 5.69 Å². The fraction of sp³-hybridized carbons (Fsp3) is 0.143. The van der Waals surface area contributed by atoms with Gasteiger partial charge >= 0.3 is 0 Å². The summed E-state index contributed by atoms with van der Waals surface area (Å²) in [6.45, 7) is 1.97. The van der Waals surface area contributed by atoms with Gasteiger partial charge in [0.2, 0.25) is 0 Å². The van der Waals surface area contributed by atoms with Crippen LogP contribution in [0.3, 0.4) is 0 Å². The molecule has 0 unspecified atom stereocenters. The van der Waals surface area contributed by atoms with Crippen LogP contribution in [-0.2, 0) is 7.05 Å². The maximum Gasteiger partial charge on any atom is 0.126 e. The van der Waals surface area contributed by atoms with Crippen molar-refractivity contribution >= 4 is 16.3 Å². The molecule has 0 saturated carbocycles. The zero-order valence-electron chi connectivity index (χ0n) is 10.8. The zero-order valence-corrected chi connectivity index (χ0v) is 11.6. The Labute approximate surface area is 115 Å². The van der Waals surface area contributed by atoms with Gasteiger partial charge in [-0.15, -0.1) is 0 Å². The molecule has 19 heavy (non-hydrogen) atoms. The van der Waals surface area contributed by atoms with E-state index < -0.39 is 0 Å². The van der Waals surface area contributed by atoms with Crippen LogP contribution in [0.5, 0.6) is 0 Å². The number of rotatable bonds is 2. The summed E-state index contributed by atoms with van der Waals surface area (Å²) in [5.41, 5.74) is 9.97. The van der Waals surface area contributed by atoms with Gasteiger partial charge in [0.25, 0.3) is 0 Å². The van der Waals surface area contributed by atoms with Crippen LogP contribution in [0, 0.1) is 6.92 Å². The summed E-state index contributed by atoms with van der Waals surface area (Å²) in [4.78, 5) is 4.66. The van der Waals surface area contributed by atoms with E-state index in [0.717, 1.165) is 32.5 Å². The fourth-order valence-electron chi connectivity index (χ4n) is 2.06. The molecular weight excluding hydrogens is 256 g/mol. The van der Waals surface area contributed by atoms with Gasteiger partial charge in [0.15, 0.2) is 0 Å². The predicted octanol–water partition coefficient (Wildman–Crippen LogP) is 3.10. The van der Waals surface area contributed by atoms with Crippen molar-refractivity contribution in [3.05, 3.63) is 42.2 Å². The van der Waals surface area contributed by atoms with Crippen LogP contribution in [0.25, 0.3) is 21.8 Å². The van der Waals surface area contributed by atoms with Crippen molar-refractivity contribution in [2.75, 3.05) is 5.73 Å². The van der Waals surface area contributed by atoms with E-state index in [0.29, 0.717) is 0 Å². The highest BCUT2D eigenvalue weighted by molar-refractivity contribution is 7.19. The van der Waals surface area contributed by atoms with E-state index in [1.807, 2.05) is 50.5 Å². The van der Waals surface area contributed by atoms with Crippen LogP contribution < -0.4 is 5.73 Å². The number of thiazole rings is 1. The van der Waals surface area contributed by atoms with Crippen molar-refractivity contribution in [1.29, 1.82) is 0 Å². The molecule has 4 nitrogen and oxygen atoms in total. The van der Waals surface area contributed by atoms with Crippen molar-refractivity contribution in [1.82, 2.24) is 14.8 Å². The van der Waals surface area contributed by atoms with Gasteiger partial charge in [-0.1, -0.05) is 41.7 Å². The van der Waals surface area contributed by atoms with Crippen LogP contribution in [0.2, 0.25) is 0 Å². The molecule has 0 atom stereocenters. The largest absolute Gasteiger partial charge is 0.389 e. The lowest BCUT2D eigenvalue weighted by atomic mass is 10.2. The number of aryl methyl sites for hydroxylation is 2. The van der Waals surface area contributed by atoms with E-state index in [1.165, 1.54) is 11.3 Å². The minimum atomic E-state index is 0.731. The number of nitrogen functional groups attached to an aromatic ring is 1. The maximum absolute atomic E-state index is 6.11. The van der Waals surface area contributed by atoms with Gasteiger partial charge in [-0.05, 0) is 6.92 Å². The molecule has 2 N–H and O–H groups in total. The molecule has 0 amide bonds.